The minimum Gasteiger partial charge on any atom is -0.791 e. The molecule has 2 heterocycles. The Morgan fingerprint density at radius 1 is 1.04 bits per heavy atom. The molecule has 0 atom stereocenters. The number of Topliss-reactive ketones (excluding diaryl/α,β-unsaturated/α-hetero) is 1. The molecule has 25 heavy (non-hydrogen) atoms. The second-order valence-corrected chi connectivity index (χ2v) is 8.63. The van der Waals surface area contributed by atoms with Crippen LogP contribution in [0.15, 0.2) is 11.6 Å². The van der Waals surface area contributed by atoms with Crippen molar-refractivity contribution in [1.29, 1.82) is 0 Å². The van der Waals surface area contributed by atoms with Gasteiger partial charge in [0.1, 0.15) is 0 Å². The molecule has 1 amide bonds. The van der Waals surface area contributed by atoms with Crippen LogP contribution in [-0.4, -0.2) is 33.8 Å². The van der Waals surface area contributed by atoms with Gasteiger partial charge in [-0.1, -0.05) is 6.08 Å². The Balaban J connectivity index is 0. The summed E-state index contributed by atoms with van der Waals surface area (Å²) in [6.45, 7) is 15.9. The molecule has 2 rings (SSSR count). The number of ketones is 1. The summed E-state index contributed by atoms with van der Waals surface area (Å²) >= 11 is 1.69. The molecule has 1 fully saturated rings. The zero-order valence-corrected chi connectivity index (χ0v) is 20.6. The molecule has 0 saturated carbocycles. The average Bonchev–Trinajstić information content (AvgIpc) is 2.69. The Morgan fingerprint density at radius 2 is 1.48 bits per heavy atom. The molecule has 0 unspecified atom stereocenters. The van der Waals surface area contributed by atoms with Gasteiger partial charge < -0.3 is 9.93 Å². The van der Waals surface area contributed by atoms with E-state index < -0.39 is 0 Å². The van der Waals surface area contributed by atoms with Gasteiger partial charge in [-0.3, -0.25) is 20.2 Å². The van der Waals surface area contributed by atoms with Crippen LogP contribution in [-0.2, 0) is 9.59 Å². The van der Waals surface area contributed by atoms with Crippen molar-refractivity contribution in [1.82, 2.24) is 10.6 Å². The van der Waals surface area contributed by atoms with Gasteiger partial charge in [-0.25, -0.2) is 16.3 Å². The molecule has 0 aromatic heterocycles. The standard InChI is InChI=1S/C9H16N2O.C8H15NO.BrO.Na/c1-8(2)5-6(7(10)12)9(3,4)11-8;1-7(2)5-6(10)8(3,4)9-7;1-2;/h5,11H,1-4H3,(H2,10,12);9H,5H2,1-4H3;;/q;;-1;+1. The minimum atomic E-state index is -0.335. The summed E-state index contributed by atoms with van der Waals surface area (Å²) < 4.78 is 8.06. The molecule has 140 valence electrons. The fraction of sp³-hybridized carbons (Fsp3) is 0.765. The molecule has 8 heteroatoms. The number of amides is 1. The molecule has 0 aromatic rings. The van der Waals surface area contributed by atoms with Gasteiger partial charge in [0.2, 0.25) is 5.91 Å². The van der Waals surface area contributed by atoms with Crippen LogP contribution in [0.1, 0.15) is 61.8 Å². The molecule has 4 N–H and O–H groups in total. The van der Waals surface area contributed by atoms with Crippen molar-refractivity contribution in [2.24, 2.45) is 5.73 Å². The summed E-state index contributed by atoms with van der Waals surface area (Å²) in [5.41, 5.74) is 5.19. The Bertz CT molecular complexity index is 529. The van der Waals surface area contributed by atoms with Gasteiger partial charge in [0.05, 0.1) is 5.54 Å². The molecule has 2 aliphatic rings. The van der Waals surface area contributed by atoms with E-state index in [1.807, 2.05) is 47.6 Å². The Morgan fingerprint density at radius 3 is 1.60 bits per heavy atom. The molecular weight excluding hydrogens is 397 g/mol. The number of primary amides is 1. The van der Waals surface area contributed by atoms with Gasteiger partial charge in [-0.05, 0) is 55.4 Å². The first-order valence-electron chi connectivity index (χ1n) is 7.89. The van der Waals surface area contributed by atoms with Crippen LogP contribution in [0.5, 0.6) is 0 Å². The summed E-state index contributed by atoms with van der Waals surface area (Å²) in [6.07, 6.45) is 2.55. The maximum Gasteiger partial charge on any atom is 1.00 e. The second kappa shape index (κ2) is 9.44. The van der Waals surface area contributed by atoms with Gasteiger partial charge in [-0.15, -0.1) is 0 Å². The third-order valence-electron chi connectivity index (χ3n) is 4.03. The van der Waals surface area contributed by atoms with E-state index in [4.69, 9.17) is 9.93 Å². The number of carbonyl (C=O) groups excluding carboxylic acids is 2. The smallest absolute Gasteiger partial charge is 0.791 e. The number of carbonyl (C=O) groups is 2. The van der Waals surface area contributed by atoms with Crippen molar-refractivity contribution in [3.63, 3.8) is 0 Å². The van der Waals surface area contributed by atoms with Gasteiger partial charge >= 0.3 is 29.6 Å². The maximum absolute atomic E-state index is 11.2. The second-order valence-electron chi connectivity index (χ2n) is 8.63. The van der Waals surface area contributed by atoms with E-state index in [-0.39, 0.29) is 57.6 Å². The van der Waals surface area contributed by atoms with Crippen LogP contribution in [0.25, 0.3) is 0 Å². The molecule has 0 bridgehead atoms. The van der Waals surface area contributed by atoms with E-state index in [9.17, 15) is 9.59 Å². The summed E-state index contributed by atoms with van der Waals surface area (Å²) in [7, 11) is 0. The molecule has 0 aliphatic carbocycles. The van der Waals surface area contributed by atoms with Gasteiger partial charge in [0, 0.05) is 28.6 Å². The average molecular weight is 428 g/mol. The Hall–Kier alpha value is 0.240. The predicted octanol–water partition coefficient (Wildman–Crippen LogP) is -1.67. The first-order valence-corrected chi connectivity index (χ1v) is 8.53. The molecule has 6 nitrogen and oxygen atoms in total. The largest absolute Gasteiger partial charge is 1.00 e. The summed E-state index contributed by atoms with van der Waals surface area (Å²) in [5.74, 6) is -0.0180. The molecule has 0 aromatic carbocycles. The zero-order valence-electron chi connectivity index (χ0n) is 17.0. The molecule has 2 aliphatic heterocycles. The first-order chi connectivity index (χ1) is 10.6. The van der Waals surface area contributed by atoms with E-state index in [1.165, 1.54) is 0 Å². The summed E-state index contributed by atoms with van der Waals surface area (Å²) in [4.78, 5) is 22.3. The SMILES string of the molecule is CC1(C)C=C(C(N)=O)C(C)(C)N1.CC1(C)CC(=O)C(C)(C)N1.[Na+].[O-]Br. The van der Waals surface area contributed by atoms with E-state index in [1.54, 1.807) is 16.3 Å². The molecular formula is C17H31BrN3NaO3. The fourth-order valence-electron chi connectivity index (χ4n) is 3.41. The predicted molar refractivity (Wildman–Crippen MR) is 98.4 cm³/mol. The monoisotopic (exact) mass is 427 g/mol. The number of hydrogen-bond acceptors (Lipinski definition) is 5. The van der Waals surface area contributed by atoms with Crippen molar-refractivity contribution in [3.8, 4) is 0 Å². The van der Waals surface area contributed by atoms with Crippen LogP contribution in [0.2, 0.25) is 0 Å². The quantitative estimate of drug-likeness (QED) is 0.433. The van der Waals surface area contributed by atoms with Crippen molar-refractivity contribution in [2.75, 3.05) is 0 Å². The zero-order chi connectivity index (χ0) is 19.6. The van der Waals surface area contributed by atoms with Crippen LogP contribution in [0.3, 0.4) is 0 Å². The summed E-state index contributed by atoms with van der Waals surface area (Å²) in [6, 6.07) is 0. The first kappa shape index (κ1) is 27.5. The normalized spacial score (nSPS) is 23.9. The van der Waals surface area contributed by atoms with E-state index >= 15 is 0 Å². The topological polar surface area (TPSA) is 107 Å². The molecule has 1 saturated heterocycles. The van der Waals surface area contributed by atoms with Crippen molar-refractivity contribution < 1.29 is 43.3 Å². The third-order valence-corrected chi connectivity index (χ3v) is 4.03. The number of nitrogens with two attached hydrogens (primary N) is 1. The van der Waals surface area contributed by atoms with Gasteiger partial charge in [0.25, 0.3) is 0 Å². The Labute approximate surface area is 182 Å². The molecule has 0 spiro atoms. The number of rotatable bonds is 1. The van der Waals surface area contributed by atoms with E-state index in [2.05, 4.69) is 24.5 Å². The van der Waals surface area contributed by atoms with Crippen LogP contribution in [0, 0.1) is 0 Å². The van der Waals surface area contributed by atoms with Crippen LogP contribution in [0.4, 0.5) is 0 Å². The van der Waals surface area contributed by atoms with Gasteiger partial charge in [-0.2, -0.15) is 0 Å². The van der Waals surface area contributed by atoms with E-state index in [0.717, 1.165) is 0 Å². The van der Waals surface area contributed by atoms with Crippen LogP contribution >= 0.6 is 16.3 Å². The van der Waals surface area contributed by atoms with Crippen molar-refractivity contribution in [3.05, 3.63) is 11.6 Å². The number of halogens is 1. The van der Waals surface area contributed by atoms with Crippen molar-refractivity contribution in [2.45, 2.75) is 84.0 Å². The van der Waals surface area contributed by atoms with Gasteiger partial charge in [0.15, 0.2) is 5.78 Å². The Kier molecular flexibility index (Phi) is 10.4. The van der Waals surface area contributed by atoms with Crippen molar-refractivity contribution >= 4 is 27.9 Å². The minimum absolute atomic E-state index is 0. The number of hydrogen-bond donors (Lipinski definition) is 3. The fourth-order valence-corrected chi connectivity index (χ4v) is 3.41. The molecule has 0 radical (unpaired) electrons. The van der Waals surface area contributed by atoms with Crippen LogP contribution < -0.4 is 50.1 Å². The van der Waals surface area contributed by atoms with E-state index in [0.29, 0.717) is 17.8 Å². The number of nitrogens with one attached hydrogen (secondary N) is 2. The third kappa shape index (κ3) is 8.20. The maximum atomic E-state index is 11.2. The summed E-state index contributed by atoms with van der Waals surface area (Å²) in [5, 5.41) is 6.58.